The average Bonchev–Trinajstić information content (AvgIpc) is 2.33. The van der Waals surface area contributed by atoms with Gasteiger partial charge in [0.15, 0.2) is 0 Å². The van der Waals surface area contributed by atoms with Crippen molar-refractivity contribution in [2.75, 3.05) is 5.75 Å². The van der Waals surface area contributed by atoms with E-state index < -0.39 is 0 Å². The second-order valence-electron chi connectivity index (χ2n) is 6.35. The van der Waals surface area contributed by atoms with Gasteiger partial charge in [0, 0.05) is 11.7 Å². The number of carbonyl (C=O) groups is 1. The molecule has 0 aromatic carbocycles. The molecule has 1 nitrogen and oxygen atoms in total. The zero-order valence-electron chi connectivity index (χ0n) is 11.4. The molecular weight excluding hydrogens is 216 g/mol. The molecular formula is C14H26OS. The molecule has 1 aliphatic rings. The highest BCUT2D eigenvalue weighted by Gasteiger charge is 2.48. The van der Waals surface area contributed by atoms with Crippen molar-refractivity contribution < 1.29 is 4.79 Å². The molecule has 16 heavy (non-hydrogen) atoms. The molecule has 0 saturated carbocycles. The molecule has 1 rings (SSSR count). The molecule has 0 aromatic heterocycles. The van der Waals surface area contributed by atoms with Gasteiger partial charge in [-0.25, -0.2) is 0 Å². The van der Waals surface area contributed by atoms with Gasteiger partial charge in [-0.2, -0.15) is 11.8 Å². The highest BCUT2D eigenvalue weighted by atomic mass is 32.2. The molecule has 1 aliphatic heterocycles. The highest BCUT2D eigenvalue weighted by molar-refractivity contribution is 8.00. The second-order valence-corrected chi connectivity index (χ2v) is 7.54. The number of ketones is 1. The second kappa shape index (κ2) is 5.12. The van der Waals surface area contributed by atoms with Gasteiger partial charge in [0.05, 0.1) is 0 Å². The van der Waals surface area contributed by atoms with Crippen LogP contribution >= 0.6 is 11.8 Å². The molecule has 0 aromatic rings. The highest BCUT2D eigenvalue weighted by Crippen LogP contribution is 2.55. The van der Waals surface area contributed by atoms with Crippen molar-refractivity contribution in [3.05, 3.63) is 0 Å². The maximum atomic E-state index is 10.9. The van der Waals surface area contributed by atoms with E-state index in [0.29, 0.717) is 16.6 Å². The lowest BCUT2D eigenvalue weighted by Gasteiger charge is -2.38. The van der Waals surface area contributed by atoms with Crippen molar-refractivity contribution in [2.24, 2.45) is 10.8 Å². The monoisotopic (exact) mass is 242 g/mol. The Bertz CT molecular complexity index is 255. The van der Waals surface area contributed by atoms with Crippen LogP contribution in [0.3, 0.4) is 0 Å². The summed E-state index contributed by atoms with van der Waals surface area (Å²) in [5.74, 6) is 1.61. The van der Waals surface area contributed by atoms with Crippen LogP contribution in [-0.4, -0.2) is 16.8 Å². The third-order valence-corrected chi connectivity index (χ3v) is 6.56. The van der Waals surface area contributed by atoms with Crippen LogP contribution in [0.15, 0.2) is 0 Å². The predicted octanol–water partition coefficient (Wildman–Crippen LogP) is 4.30. The molecule has 1 saturated heterocycles. The Hall–Kier alpha value is 0.0200. The zero-order chi connectivity index (χ0) is 12.4. The number of hydrogen-bond acceptors (Lipinski definition) is 2. The van der Waals surface area contributed by atoms with Crippen molar-refractivity contribution in [1.82, 2.24) is 0 Å². The van der Waals surface area contributed by atoms with Gasteiger partial charge < -0.3 is 4.79 Å². The van der Waals surface area contributed by atoms with E-state index in [1.165, 1.54) is 18.6 Å². The molecule has 0 unspecified atom stereocenters. The SMILES string of the molecule is CC(=O)CCCC[C@@H]1SCC(C)(C)C1(C)C. The van der Waals surface area contributed by atoms with E-state index in [9.17, 15) is 4.79 Å². The van der Waals surface area contributed by atoms with E-state index in [1.54, 1.807) is 6.92 Å². The fraction of sp³-hybridized carbons (Fsp3) is 0.929. The van der Waals surface area contributed by atoms with E-state index in [-0.39, 0.29) is 0 Å². The van der Waals surface area contributed by atoms with Crippen LogP contribution in [0.4, 0.5) is 0 Å². The standard InChI is InChI=1S/C14H26OS/c1-11(15)8-6-7-9-12-14(4,5)13(2,3)10-16-12/h12H,6-10H2,1-5H3/t12-/m0/s1. The minimum Gasteiger partial charge on any atom is -0.300 e. The molecule has 0 amide bonds. The van der Waals surface area contributed by atoms with Crippen LogP contribution < -0.4 is 0 Å². The third-order valence-electron chi connectivity index (χ3n) is 4.44. The summed E-state index contributed by atoms with van der Waals surface area (Å²) in [7, 11) is 0. The summed E-state index contributed by atoms with van der Waals surface area (Å²) >= 11 is 2.13. The van der Waals surface area contributed by atoms with Crippen LogP contribution in [0.25, 0.3) is 0 Å². The lowest BCUT2D eigenvalue weighted by Crippen LogP contribution is -2.35. The van der Waals surface area contributed by atoms with Crippen LogP contribution in [0.1, 0.15) is 60.3 Å². The van der Waals surface area contributed by atoms with Crippen LogP contribution in [0.2, 0.25) is 0 Å². The first-order valence-electron chi connectivity index (χ1n) is 6.38. The van der Waals surface area contributed by atoms with E-state index in [0.717, 1.165) is 18.1 Å². The number of carbonyl (C=O) groups excluding carboxylic acids is 1. The van der Waals surface area contributed by atoms with Crippen molar-refractivity contribution in [1.29, 1.82) is 0 Å². The molecule has 0 N–H and O–H groups in total. The van der Waals surface area contributed by atoms with Gasteiger partial charge in [-0.1, -0.05) is 34.1 Å². The van der Waals surface area contributed by atoms with Crippen molar-refractivity contribution >= 4 is 17.5 Å². The molecule has 0 spiro atoms. The summed E-state index contributed by atoms with van der Waals surface area (Å²) in [6.07, 6.45) is 4.31. The first kappa shape index (κ1) is 14.1. The molecule has 1 heterocycles. The van der Waals surface area contributed by atoms with Gasteiger partial charge in [-0.3, -0.25) is 0 Å². The predicted molar refractivity (Wildman–Crippen MR) is 73.0 cm³/mol. The minimum atomic E-state index is 0.332. The van der Waals surface area contributed by atoms with Gasteiger partial charge in [-0.05, 0) is 36.3 Å². The van der Waals surface area contributed by atoms with Crippen LogP contribution in [0.5, 0.6) is 0 Å². The van der Waals surface area contributed by atoms with E-state index >= 15 is 0 Å². The van der Waals surface area contributed by atoms with Gasteiger partial charge in [0.25, 0.3) is 0 Å². The summed E-state index contributed by atoms with van der Waals surface area (Å²) in [5.41, 5.74) is 0.872. The average molecular weight is 242 g/mol. The molecule has 1 atom stereocenters. The number of hydrogen-bond donors (Lipinski definition) is 0. The molecule has 1 fully saturated rings. The largest absolute Gasteiger partial charge is 0.300 e. The summed E-state index contributed by atoms with van der Waals surface area (Å²) < 4.78 is 0. The molecule has 0 aliphatic carbocycles. The smallest absolute Gasteiger partial charge is 0.129 e. The van der Waals surface area contributed by atoms with Crippen LogP contribution in [-0.2, 0) is 4.79 Å². The third kappa shape index (κ3) is 3.03. The quantitative estimate of drug-likeness (QED) is 0.668. The van der Waals surface area contributed by atoms with E-state index in [2.05, 4.69) is 39.5 Å². The van der Waals surface area contributed by atoms with Crippen molar-refractivity contribution in [3.63, 3.8) is 0 Å². The summed E-state index contributed by atoms with van der Waals surface area (Å²) in [5, 5.41) is 0.773. The first-order valence-corrected chi connectivity index (χ1v) is 7.43. The Morgan fingerprint density at radius 1 is 1.25 bits per heavy atom. The Kier molecular flexibility index (Phi) is 4.50. The Morgan fingerprint density at radius 3 is 2.31 bits per heavy atom. The first-order chi connectivity index (χ1) is 7.27. The number of Topliss-reactive ketones (excluding diaryl/α,β-unsaturated/α-hetero) is 1. The molecule has 94 valence electrons. The lowest BCUT2D eigenvalue weighted by atomic mass is 9.66. The summed E-state index contributed by atoms with van der Waals surface area (Å²) in [6, 6.07) is 0. The fourth-order valence-corrected chi connectivity index (χ4v) is 4.35. The Morgan fingerprint density at radius 2 is 1.88 bits per heavy atom. The normalized spacial score (nSPS) is 26.9. The summed E-state index contributed by atoms with van der Waals surface area (Å²) in [6.45, 7) is 11.3. The maximum Gasteiger partial charge on any atom is 0.129 e. The van der Waals surface area contributed by atoms with Gasteiger partial charge in [0.1, 0.15) is 5.78 Å². The summed E-state index contributed by atoms with van der Waals surface area (Å²) in [4.78, 5) is 10.9. The number of thioether (sulfide) groups is 1. The number of rotatable bonds is 5. The topological polar surface area (TPSA) is 17.1 Å². The fourth-order valence-electron chi connectivity index (χ4n) is 2.29. The van der Waals surface area contributed by atoms with E-state index in [4.69, 9.17) is 0 Å². The van der Waals surface area contributed by atoms with Crippen LogP contribution in [0, 0.1) is 10.8 Å². The van der Waals surface area contributed by atoms with Gasteiger partial charge in [0.2, 0.25) is 0 Å². The Balaban J connectivity index is 2.36. The molecule has 0 radical (unpaired) electrons. The maximum absolute atomic E-state index is 10.9. The number of unbranched alkanes of at least 4 members (excludes halogenated alkanes) is 1. The molecule has 2 heteroatoms. The zero-order valence-corrected chi connectivity index (χ0v) is 12.2. The lowest BCUT2D eigenvalue weighted by molar-refractivity contribution is -0.117. The van der Waals surface area contributed by atoms with Crippen molar-refractivity contribution in [3.8, 4) is 0 Å². The van der Waals surface area contributed by atoms with Gasteiger partial charge in [-0.15, -0.1) is 0 Å². The van der Waals surface area contributed by atoms with Gasteiger partial charge >= 0.3 is 0 Å². The Labute approximate surface area is 105 Å². The van der Waals surface area contributed by atoms with E-state index in [1.807, 2.05) is 0 Å². The minimum absolute atomic E-state index is 0.332. The molecule has 0 bridgehead atoms. The van der Waals surface area contributed by atoms with Crippen molar-refractivity contribution in [2.45, 2.75) is 65.6 Å².